The van der Waals surface area contributed by atoms with E-state index in [4.69, 9.17) is 0 Å². The summed E-state index contributed by atoms with van der Waals surface area (Å²) in [6.45, 7) is -0.675. The van der Waals surface area contributed by atoms with Gasteiger partial charge in [0.05, 0.1) is 18.3 Å². The molecular formula is C13H11F3N2O2. The average Bonchev–Trinajstić information content (AvgIpc) is 2.91. The van der Waals surface area contributed by atoms with Crippen molar-refractivity contribution in [1.29, 1.82) is 0 Å². The van der Waals surface area contributed by atoms with E-state index in [1.807, 2.05) is 0 Å². The van der Waals surface area contributed by atoms with Gasteiger partial charge in [0.2, 0.25) is 0 Å². The average molecular weight is 284 g/mol. The summed E-state index contributed by atoms with van der Waals surface area (Å²) in [6, 6.07) is 6.29. The first-order valence-corrected chi connectivity index (χ1v) is 5.78. The van der Waals surface area contributed by atoms with Gasteiger partial charge in [-0.2, -0.15) is 13.2 Å². The van der Waals surface area contributed by atoms with Crippen molar-refractivity contribution in [1.82, 2.24) is 9.55 Å². The first-order chi connectivity index (χ1) is 9.46. The number of carbonyl (C=O) groups excluding carboxylic acids is 1. The van der Waals surface area contributed by atoms with Crippen molar-refractivity contribution in [3.8, 4) is 5.69 Å². The molecule has 2 rings (SSSR count). The summed E-state index contributed by atoms with van der Waals surface area (Å²) in [4.78, 5) is 15.4. The van der Waals surface area contributed by atoms with Crippen LogP contribution in [0.15, 0.2) is 43.0 Å². The van der Waals surface area contributed by atoms with Crippen molar-refractivity contribution < 1.29 is 22.7 Å². The van der Waals surface area contributed by atoms with Crippen LogP contribution in [-0.4, -0.2) is 28.3 Å². The van der Waals surface area contributed by atoms with Gasteiger partial charge in [0.25, 0.3) is 0 Å². The lowest BCUT2D eigenvalue weighted by Crippen LogP contribution is -2.14. The summed E-state index contributed by atoms with van der Waals surface area (Å²) in [5.41, 5.74) is 0.991. The molecule has 1 heterocycles. The lowest BCUT2D eigenvalue weighted by molar-refractivity contribution is -0.141. The first kappa shape index (κ1) is 14.1. The van der Waals surface area contributed by atoms with Gasteiger partial charge in [-0.15, -0.1) is 0 Å². The molecule has 0 radical (unpaired) electrons. The quantitative estimate of drug-likeness (QED) is 0.811. The van der Waals surface area contributed by atoms with E-state index in [0.717, 1.165) is 5.69 Å². The van der Waals surface area contributed by atoms with Crippen molar-refractivity contribution in [2.45, 2.75) is 12.6 Å². The Balaban J connectivity index is 1.94. The maximum absolute atomic E-state index is 11.9. The Labute approximate surface area is 112 Å². The van der Waals surface area contributed by atoms with Gasteiger partial charge < -0.3 is 9.30 Å². The second-order valence-corrected chi connectivity index (χ2v) is 4.02. The summed E-state index contributed by atoms with van der Waals surface area (Å²) >= 11 is 0. The van der Waals surface area contributed by atoms with Gasteiger partial charge >= 0.3 is 12.1 Å². The summed E-state index contributed by atoms with van der Waals surface area (Å²) in [7, 11) is 0. The van der Waals surface area contributed by atoms with Gasteiger partial charge in [-0.05, 0) is 24.3 Å². The number of imidazole rings is 1. The van der Waals surface area contributed by atoms with E-state index >= 15 is 0 Å². The highest BCUT2D eigenvalue weighted by Crippen LogP contribution is 2.19. The minimum atomic E-state index is -4.33. The molecule has 0 saturated carbocycles. The number of hydrogen-bond acceptors (Lipinski definition) is 3. The molecule has 0 saturated heterocycles. The number of hydrogen-bond donors (Lipinski definition) is 0. The fraction of sp³-hybridized carbons (Fsp3) is 0.231. The molecule has 2 aromatic rings. The van der Waals surface area contributed by atoms with E-state index in [1.54, 1.807) is 35.4 Å². The Morgan fingerprint density at radius 1 is 1.25 bits per heavy atom. The van der Waals surface area contributed by atoms with E-state index in [9.17, 15) is 18.0 Å². The van der Waals surface area contributed by atoms with Crippen LogP contribution < -0.4 is 0 Å². The van der Waals surface area contributed by atoms with Gasteiger partial charge in [0.15, 0.2) is 0 Å². The van der Waals surface area contributed by atoms with Crippen LogP contribution in [0.25, 0.3) is 5.69 Å². The fourth-order valence-electron chi connectivity index (χ4n) is 1.52. The second-order valence-electron chi connectivity index (χ2n) is 4.02. The van der Waals surface area contributed by atoms with Crippen molar-refractivity contribution in [2.24, 2.45) is 0 Å². The van der Waals surface area contributed by atoms with Gasteiger partial charge in [-0.3, -0.25) is 0 Å². The normalized spacial score (nSPS) is 11.3. The Morgan fingerprint density at radius 3 is 2.50 bits per heavy atom. The van der Waals surface area contributed by atoms with E-state index in [1.165, 1.54) is 12.1 Å². The van der Waals surface area contributed by atoms with Crippen molar-refractivity contribution in [2.75, 3.05) is 6.61 Å². The number of aromatic nitrogens is 2. The summed E-state index contributed by atoms with van der Waals surface area (Å²) in [6.07, 6.45) is -0.538. The molecule has 0 aliphatic heterocycles. The number of alkyl halides is 3. The Hall–Kier alpha value is -2.31. The molecule has 4 nitrogen and oxygen atoms in total. The van der Waals surface area contributed by atoms with Crippen LogP contribution in [0.3, 0.4) is 0 Å². The summed E-state index contributed by atoms with van der Waals surface area (Å²) < 4.78 is 42.0. The Kier molecular flexibility index (Phi) is 4.07. The van der Waals surface area contributed by atoms with Crippen molar-refractivity contribution >= 4 is 5.97 Å². The largest absolute Gasteiger partial charge is 0.462 e. The number of carbonyl (C=O) groups is 1. The predicted octanol–water partition coefficient (Wildman–Crippen LogP) is 2.98. The molecule has 20 heavy (non-hydrogen) atoms. The predicted molar refractivity (Wildman–Crippen MR) is 64.5 cm³/mol. The molecule has 0 fully saturated rings. The molecule has 0 spiro atoms. The van der Waals surface area contributed by atoms with Gasteiger partial charge in [-0.1, -0.05) is 0 Å². The zero-order valence-corrected chi connectivity index (χ0v) is 10.3. The number of rotatable bonds is 4. The summed E-state index contributed by atoms with van der Waals surface area (Å²) in [5, 5.41) is 0. The van der Waals surface area contributed by atoms with Gasteiger partial charge in [0.1, 0.15) is 6.61 Å². The smallest absolute Gasteiger partial charge is 0.392 e. The van der Waals surface area contributed by atoms with Crippen molar-refractivity contribution in [3.63, 3.8) is 0 Å². The minimum absolute atomic E-state index is 0.205. The fourth-order valence-corrected chi connectivity index (χ4v) is 1.52. The molecular weight excluding hydrogens is 273 g/mol. The van der Waals surface area contributed by atoms with E-state index in [-0.39, 0.29) is 5.56 Å². The third-order valence-corrected chi connectivity index (χ3v) is 2.52. The molecule has 106 valence electrons. The highest BCUT2D eigenvalue weighted by molar-refractivity contribution is 5.89. The highest BCUT2D eigenvalue weighted by atomic mass is 19.4. The lowest BCUT2D eigenvalue weighted by Gasteiger charge is -2.08. The molecule has 0 unspecified atom stereocenters. The van der Waals surface area contributed by atoms with E-state index in [2.05, 4.69) is 9.72 Å². The molecule has 7 heteroatoms. The third-order valence-electron chi connectivity index (χ3n) is 2.52. The first-order valence-electron chi connectivity index (χ1n) is 5.78. The van der Waals surface area contributed by atoms with Crippen LogP contribution in [0.5, 0.6) is 0 Å². The molecule has 0 amide bonds. The van der Waals surface area contributed by atoms with Crippen molar-refractivity contribution in [3.05, 3.63) is 48.5 Å². The Bertz CT molecular complexity index is 562. The van der Waals surface area contributed by atoms with Crippen LogP contribution in [0.4, 0.5) is 13.2 Å². The SMILES string of the molecule is O=C(OCCC(F)(F)F)c1ccc(-n2ccnc2)cc1. The molecule has 1 aromatic carbocycles. The minimum Gasteiger partial charge on any atom is -0.462 e. The zero-order chi connectivity index (χ0) is 14.6. The molecule has 0 N–H and O–H groups in total. The topological polar surface area (TPSA) is 44.1 Å². The van der Waals surface area contributed by atoms with Crippen LogP contribution >= 0.6 is 0 Å². The third kappa shape index (κ3) is 3.84. The molecule has 0 atom stereocenters. The number of benzene rings is 1. The van der Waals surface area contributed by atoms with Gasteiger partial charge in [-0.25, -0.2) is 9.78 Å². The molecule has 0 aliphatic rings. The van der Waals surface area contributed by atoms with Crippen LogP contribution in [0, 0.1) is 0 Å². The number of ether oxygens (including phenoxy) is 1. The number of esters is 1. The number of nitrogens with zero attached hydrogens (tertiary/aromatic N) is 2. The highest BCUT2D eigenvalue weighted by Gasteiger charge is 2.27. The monoisotopic (exact) mass is 284 g/mol. The van der Waals surface area contributed by atoms with Gasteiger partial charge in [0, 0.05) is 18.1 Å². The molecule has 0 bridgehead atoms. The maximum Gasteiger partial charge on any atom is 0.392 e. The zero-order valence-electron chi connectivity index (χ0n) is 10.3. The molecule has 0 aliphatic carbocycles. The molecule has 1 aromatic heterocycles. The Morgan fingerprint density at radius 2 is 1.95 bits per heavy atom. The maximum atomic E-state index is 11.9. The standard InChI is InChI=1S/C13H11F3N2O2/c14-13(15,16)5-8-20-12(19)10-1-3-11(4-2-10)18-7-6-17-9-18/h1-4,6-7,9H,5,8H2. The van der Waals surface area contributed by atoms with Crippen LogP contribution in [0.1, 0.15) is 16.8 Å². The van der Waals surface area contributed by atoms with Crippen LogP contribution in [-0.2, 0) is 4.74 Å². The van der Waals surface area contributed by atoms with E-state index in [0.29, 0.717) is 0 Å². The van der Waals surface area contributed by atoms with E-state index < -0.39 is 25.2 Å². The number of halogens is 3. The van der Waals surface area contributed by atoms with Crippen LogP contribution in [0.2, 0.25) is 0 Å². The lowest BCUT2D eigenvalue weighted by atomic mass is 10.2. The summed E-state index contributed by atoms with van der Waals surface area (Å²) in [5.74, 6) is -0.772. The second kappa shape index (κ2) is 5.77.